The quantitative estimate of drug-likeness (QED) is 0.540. The average molecular weight is 411 g/mol. The number of nitrogens with zero attached hydrogens (tertiary/aromatic N) is 1. The molecule has 1 aromatic heterocycles. The fourth-order valence-electron chi connectivity index (χ4n) is 4.14. The summed E-state index contributed by atoms with van der Waals surface area (Å²) < 4.78 is 5.56. The number of hydrogen-bond acceptors (Lipinski definition) is 2. The predicted octanol–water partition coefficient (Wildman–Crippen LogP) is 6.44. The van der Waals surface area contributed by atoms with Crippen molar-refractivity contribution in [2.75, 3.05) is 6.54 Å². The summed E-state index contributed by atoms with van der Waals surface area (Å²) in [5.41, 5.74) is 5.68. The summed E-state index contributed by atoms with van der Waals surface area (Å²) in [4.78, 5) is 18.3. The van der Waals surface area contributed by atoms with Crippen molar-refractivity contribution < 1.29 is 9.53 Å². The zero-order valence-corrected chi connectivity index (χ0v) is 18.1. The molecule has 1 unspecified atom stereocenters. The fraction of sp³-hybridized carbons (Fsp3) is 0.375. The van der Waals surface area contributed by atoms with Gasteiger partial charge in [0, 0.05) is 28.2 Å². The SMILES string of the molecule is CC(C)OC(=O)N1CCc2c([nH]c3ccc(Cl)cc23)C1c1ccc(C(C)C)cc1. The van der Waals surface area contributed by atoms with Crippen molar-refractivity contribution in [2.45, 2.75) is 52.2 Å². The number of fused-ring (bicyclic) bond motifs is 3. The number of aromatic amines is 1. The van der Waals surface area contributed by atoms with Crippen LogP contribution in [0.2, 0.25) is 5.02 Å². The Hall–Kier alpha value is -2.46. The lowest BCUT2D eigenvalue weighted by molar-refractivity contribution is 0.0655. The lowest BCUT2D eigenvalue weighted by Gasteiger charge is -2.36. The van der Waals surface area contributed by atoms with Crippen LogP contribution in [0.5, 0.6) is 0 Å². The molecule has 2 heterocycles. The molecule has 2 aromatic carbocycles. The smallest absolute Gasteiger partial charge is 0.410 e. The minimum absolute atomic E-state index is 0.158. The minimum atomic E-state index is -0.278. The number of nitrogens with one attached hydrogen (secondary N) is 1. The molecule has 0 aliphatic carbocycles. The van der Waals surface area contributed by atoms with Gasteiger partial charge in [0.05, 0.1) is 6.10 Å². The lowest BCUT2D eigenvalue weighted by atomic mass is 9.91. The standard InChI is InChI=1S/C24H27ClN2O2/c1-14(2)16-5-7-17(8-6-16)23-22-19(11-12-27(23)24(28)29-15(3)4)20-13-18(25)9-10-21(20)26-22/h5-10,13-15,23,26H,11-12H2,1-4H3. The van der Waals surface area contributed by atoms with Gasteiger partial charge in [0.25, 0.3) is 0 Å². The Morgan fingerprint density at radius 2 is 1.86 bits per heavy atom. The van der Waals surface area contributed by atoms with Crippen LogP contribution >= 0.6 is 11.6 Å². The third-order valence-corrected chi connectivity index (χ3v) is 5.81. The van der Waals surface area contributed by atoms with E-state index in [1.807, 2.05) is 36.9 Å². The normalized spacial score (nSPS) is 16.5. The van der Waals surface area contributed by atoms with Gasteiger partial charge in [-0.3, -0.25) is 4.90 Å². The van der Waals surface area contributed by atoms with E-state index in [2.05, 4.69) is 43.1 Å². The molecule has 152 valence electrons. The predicted molar refractivity (Wildman–Crippen MR) is 118 cm³/mol. The van der Waals surface area contributed by atoms with Gasteiger partial charge in [-0.25, -0.2) is 4.79 Å². The van der Waals surface area contributed by atoms with Crippen LogP contribution in [-0.4, -0.2) is 28.6 Å². The van der Waals surface area contributed by atoms with E-state index in [0.717, 1.165) is 33.6 Å². The maximum Gasteiger partial charge on any atom is 0.410 e. The van der Waals surface area contributed by atoms with Crippen LogP contribution in [0.4, 0.5) is 4.79 Å². The first-order valence-corrected chi connectivity index (χ1v) is 10.6. The van der Waals surface area contributed by atoms with Gasteiger partial charge in [-0.05, 0) is 61.1 Å². The second-order valence-electron chi connectivity index (χ2n) is 8.31. The summed E-state index contributed by atoms with van der Waals surface area (Å²) in [5, 5.41) is 1.85. The Bertz CT molecular complexity index is 1040. The largest absolute Gasteiger partial charge is 0.447 e. The highest BCUT2D eigenvalue weighted by atomic mass is 35.5. The van der Waals surface area contributed by atoms with Crippen molar-refractivity contribution in [1.29, 1.82) is 0 Å². The summed E-state index contributed by atoms with van der Waals surface area (Å²) in [6.45, 7) is 8.73. The first-order chi connectivity index (χ1) is 13.8. The summed E-state index contributed by atoms with van der Waals surface area (Å²) in [5.74, 6) is 0.461. The lowest BCUT2D eigenvalue weighted by Crippen LogP contribution is -2.41. The number of carbonyl (C=O) groups is 1. The molecule has 0 saturated carbocycles. The number of benzene rings is 2. The topological polar surface area (TPSA) is 45.3 Å². The monoisotopic (exact) mass is 410 g/mol. The summed E-state index contributed by atoms with van der Waals surface area (Å²) in [6.07, 6.45) is 0.332. The van der Waals surface area contributed by atoms with E-state index in [0.29, 0.717) is 12.5 Å². The Morgan fingerprint density at radius 1 is 1.14 bits per heavy atom. The van der Waals surface area contributed by atoms with Gasteiger partial charge in [-0.15, -0.1) is 0 Å². The van der Waals surface area contributed by atoms with Crippen molar-refractivity contribution >= 4 is 28.6 Å². The molecule has 0 bridgehead atoms. The number of hydrogen-bond donors (Lipinski definition) is 1. The third kappa shape index (κ3) is 3.74. The van der Waals surface area contributed by atoms with Gasteiger partial charge < -0.3 is 9.72 Å². The van der Waals surface area contributed by atoms with Gasteiger partial charge in [0.2, 0.25) is 0 Å². The van der Waals surface area contributed by atoms with Crippen molar-refractivity contribution in [3.63, 3.8) is 0 Å². The van der Waals surface area contributed by atoms with Crippen LogP contribution in [0.3, 0.4) is 0 Å². The van der Waals surface area contributed by atoms with Gasteiger partial charge in [-0.2, -0.15) is 0 Å². The van der Waals surface area contributed by atoms with Crippen LogP contribution in [0, 0.1) is 0 Å². The molecule has 5 heteroatoms. The van der Waals surface area contributed by atoms with E-state index >= 15 is 0 Å². The van der Waals surface area contributed by atoms with Gasteiger partial charge in [-0.1, -0.05) is 49.7 Å². The highest BCUT2D eigenvalue weighted by Crippen LogP contribution is 2.39. The fourth-order valence-corrected chi connectivity index (χ4v) is 4.31. The van der Waals surface area contributed by atoms with E-state index in [1.54, 1.807) is 0 Å². The van der Waals surface area contributed by atoms with Crippen molar-refractivity contribution in [2.24, 2.45) is 0 Å². The molecule has 29 heavy (non-hydrogen) atoms. The van der Waals surface area contributed by atoms with E-state index in [-0.39, 0.29) is 18.2 Å². The Kier molecular flexibility index (Phi) is 5.30. The highest BCUT2D eigenvalue weighted by Gasteiger charge is 2.35. The van der Waals surface area contributed by atoms with Crippen molar-refractivity contribution in [3.05, 3.63) is 69.9 Å². The first-order valence-electron chi connectivity index (χ1n) is 10.2. The van der Waals surface area contributed by atoms with Gasteiger partial charge in [0.1, 0.15) is 6.04 Å². The number of ether oxygens (including phenoxy) is 1. The molecule has 1 aliphatic rings. The van der Waals surface area contributed by atoms with E-state index in [9.17, 15) is 4.79 Å². The maximum atomic E-state index is 12.9. The Labute approximate surface area is 176 Å². The summed E-state index contributed by atoms with van der Waals surface area (Å²) in [6, 6.07) is 14.3. The molecule has 3 aromatic rings. The molecule has 0 fully saturated rings. The molecule has 1 amide bonds. The molecule has 0 spiro atoms. The summed E-state index contributed by atoms with van der Waals surface area (Å²) in [7, 11) is 0. The highest BCUT2D eigenvalue weighted by molar-refractivity contribution is 6.31. The zero-order valence-electron chi connectivity index (χ0n) is 17.3. The van der Waals surface area contributed by atoms with E-state index in [4.69, 9.17) is 16.3 Å². The number of H-pyrrole nitrogens is 1. The molecular weight excluding hydrogens is 384 g/mol. The Balaban J connectivity index is 1.83. The minimum Gasteiger partial charge on any atom is -0.447 e. The van der Waals surface area contributed by atoms with Crippen molar-refractivity contribution in [1.82, 2.24) is 9.88 Å². The molecular formula is C24H27ClN2O2. The number of halogens is 1. The zero-order chi connectivity index (χ0) is 20.7. The molecule has 0 radical (unpaired) electrons. The van der Waals surface area contributed by atoms with E-state index in [1.165, 1.54) is 11.1 Å². The number of rotatable bonds is 3. The molecule has 4 rings (SSSR count). The van der Waals surface area contributed by atoms with Gasteiger partial charge in [0.15, 0.2) is 0 Å². The van der Waals surface area contributed by atoms with Crippen LogP contribution in [0.15, 0.2) is 42.5 Å². The second kappa shape index (κ2) is 7.75. The number of carbonyl (C=O) groups excluding carboxylic acids is 1. The van der Waals surface area contributed by atoms with Crippen LogP contribution in [0.1, 0.15) is 62.0 Å². The van der Waals surface area contributed by atoms with E-state index < -0.39 is 0 Å². The second-order valence-corrected chi connectivity index (χ2v) is 8.74. The van der Waals surface area contributed by atoms with Crippen LogP contribution in [0.25, 0.3) is 10.9 Å². The molecule has 1 aliphatic heterocycles. The number of amides is 1. The third-order valence-electron chi connectivity index (χ3n) is 5.58. The molecule has 1 atom stereocenters. The first kappa shape index (κ1) is 19.8. The molecule has 1 N–H and O–H groups in total. The molecule has 4 nitrogen and oxygen atoms in total. The Morgan fingerprint density at radius 3 is 2.52 bits per heavy atom. The van der Waals surface area contributed by atoms with Crippen LogP contribution in [-0.2, 0) is 11.2 Å². The van der Waals surface area contributed by atoms with Crippen molar-refractivity contribution in [3.8, 4) is 0 Å². The molecule has 0 saturated heterocycles. The number of aromatic nitrogens is 1. The maximum absolute atomic E-state index is 12.9. The average Bonchev–Trinajstić information content (AvgIpc) is 3.04. The van der Waals surface area contributed by atoms with Gasteiger partial charge >= 0.3 is 6.09 Å². The summed E-state index contributed by atoms with van der Waals surface area (Å²) >= 11 is 6.26. The van der Waals surface area contributed by atoms with Crippen LogP contribution < -0.4 is 0 Å².